The first-order valence-corrected chi connectivity index (χ1v) is 7.10. The van der Waals surface area contributed by atoms with Gasteiger partial charge in [0.1, 0.15) is 5.69 Å². The molecule has 96 valence electrons. The van der Waals surface area contributed by atoms with Gasteiger partial charge in [0.2, 0.25) is 0 Å². The van der Waals surface area contributed by atoms with Crippen LogP contribution in [0, 0.1) is 0 Å². The van der Waals surface area contributed by atoms with Crippen molar-refractivity contribution in [2.75, 3.05) is 0 Å². The van der Waals surface area contributed by atoms with Crippen LogP contribution < -0.4 is 0 Å². The van der Waals surface area contributed by atoms with E-state index in [9.17, 15) is 0 Å². The summed E-state index contributed by atoms with van der Waals surface area (Å²) in [5.41, 5.74) is 2.83. The van der Waals surface area contributed by atoms with E-state index in [2.05, 4.69) is 43.0 Å². The van der Waals surface area contributed by atoms with Crippen LogP contribution in [0.4, 0.5) is 0 Å². The Morgan fingerprint density at radius 2 is 1.90 bits per heavy atom. The number of halogens is 1. The molecule has 0 atom stereocenters. The van der Waals surface area contributed by atoms with Crippen molar-refractivity contribution in [3.05, 3.63) is 59.2 Å². The Kier molecular flexibility index (Phi) is 2.57. The number of benzene rings is 2. The van der Waals surface area contributed by atoms with Crippen molar-refractivity contribution in [3.63, 3.8) is 0 Å². The van der Waals surface area contributed by atoms with Crippen molar-refractivity contribution in [3.8, 4) is 11.5 Å². The number of rotatable bonds is 1. The Labute approximate surface area is 123 Å². The summed E-state index contributed by atoms with van der Waals surface area (Å²) < 4.78 is 1.03. The zero-order valence-corrected chi connectivity index (χ0v) is 12.1. The smallest absolute Gasteiger partial charge is 0.157 e. The highest BCUT2D eigenvalue weighted by Crippen LogP contribution is 2.27. The second-order valence-corrected chi connectivity index (χ2v) is 5.54. The number of nitrogens with zero attached hydrogens (tertiary/aromatic N) is 2. The number of nitrogens with one attached hydrogen (secondary N) is 1. The van der Waals surface area contributed by atoms with Gasteiger partial charge >= 0.3 is 0 Å². The fraction of sp³-hybridized carbons (Fsp3) is 0. The molecule has 1 N–H and O–H groups in total. The summed E-state index contributed by atoms with van der Waals surface area (Å²) in [5.74, 6) is 0.801. The van der Waals surface area contributed by atoms with Gasteiger partial charge in [0.15, 0.2) is 5.82 Å². The van der Waals surface area contributed by atoms with Gasteiger partial charge in [-0.05, 0) is 29.7 Å². The molecule has 2 aromatic heterocycles. The van der Waals surface area contributed by atoms with Crippen molar-refractivity contribution in [1.82, 2.24) is 15.0 Å². The van der Waals surface area contributed by atoms with Crippen LogP contribution in [0.25, 0.3) is 33.3 Å². The second kappa shape index (κ2) is 4.42. The predicted molar refractivity (Wildman–Crippen MR) is 84.5 cm³/mol. The fourth-order valence-electron chi connectivity index (χ4n) is 2.40. The van der Waals surface area contributed by atoms with E-state index < -0.39 is 0 Å². The van der Waals surface area contributed by atoms with Gasteiger partial charge in [-0.3, -0.25) is 4.98 Å². The van der Waals surface area contributed by atoms with Gasteiger partial charge in [-0.2, -0.15) is 0 Å². The Morgan fingerprint density at radius 1 is 1.00 bits per heavy atom. The quantitative estimate of drug-likeness (QED) is 0.558. The maximum absolute atomic E-state index is 4.64. The van der Waals surface area contributed by atoms with Crippen LogP contribution >= 0.6 is 15.9 Å². The number of hydrogen-bond acceptors (Lipinski definition) is 2. The van der Waals surface area contributed by atoms with E-state index >= 15 is 0 Å². The molecule has 4 rings (SSSR count). The van der Waals surface area contributed by atoms with E-state index in [1.54, 1.807) is 0 Å². The Hall–Kier alpha value is -2.20. The maximum Gasteiger partial charge on any atom is 0.157 e. The van der Waals surface area contributed by atoms with Gasteiger partial charge in [0.25, 0.3) is 0 Å². The molecule has 0 aliphatic rings. The van der Waals surface area contributed by atoms with E-state index in [4.69, 9.17) is 0 Å². The summed E-state index contributed by atoms with van der Waals surface area (Å²) in [6.07, 6.45) is 1.82. The number of H-pyrrole nitrogens is 1. The van der Waals surface area contributed by atoms with Crippen LogP contribution in [-0.2, 0) is 0 Å². The standard InChI is InChI=1S/C16H10BrN3/c17-11-5-6-13-14(9-11)20-16(19-13)15-12-4-2-1-3-10(12)7-8-18-15/h1-9H,(H,19,20). The highest BCUT2D eigenvalue weighted by molar-refractivity contribution is 9.10. The van der Waals surface area contributed by atoms with Gasteiger partial charge in [0, 0.05) is 16.1 Å². The molecule has 2 aromatic carbocycles. The van der Waals surface area contributed by atoms with Crippen LogP contribution in [-0.4, -0.2) is 15.0 Å². The van der Waals surface area contributed by atoms with Crippen molar-refractivity contribution < 1.29 is 0 Å². The SMILES string of the molecule is Brc1ccc2nc(-c3nccc4ccccc34)[nH]c2c1. The van der Waals surface area contributed by atoms with Crippen LogP contribution in [0.1, 0.15) is 0 Å². The molecular weight excluding hydrogens is 314 g/mol. The zero-order chi connectivity index (χ0) is 13.5. The molecule has 0 fully saturated rings. The molecule has 0 saturated heterocycles. The topological polar surface area (TPSA) is 41.6 Å². The summed E-state index contributed by atoms with van der Waals surface area (Å²) in [6, 6.07) is 16.2. The summed E-state index contributed by atoms with van der Waals surface area (Å²) in [7, 11) is 0. The third-order valence-corrected chi connectivity index (χ3v) is 3.84. The lowest BCUT2D eigenvalue weighted by atomic mass is 10.1. The molecule has 3 nitrogen and oxygen atoms in total. The summed E-state index contributed by atoms with van der Waals surface area (Å²) in [5, 5.41) is 2.27. The number of fused-ring (bicyclic) bond motifs is 2. The number of hydrogen-bond donors (Lipinski definition) is 1. The van der Waals surface area contributed by atoms with E-state index in [0.717, 1.165) is 32.4 Å². The fourth-order valence-corrected chi connectivity index (χ4v) is 2.76. The van der Waals surface area contributed by atoms with E-state index in [-0.39, 0.29) is 0 Å². The van der Waals surface area contributed by atoms with Crippen molar-refractivity contribution in [2.45, 2.75) is 0 Å². The number of imidazole rings is 1. The minimum Gasteiger partial charge on any atom is -0.337 e. The van der Waals surface area contributed by atoms with Gasteiger partial charge in [0.05, 0.1) is 11.0 Å². The molecule has 0 saturated carbocycles. The molecule has 0 unspecified atom stereocenters. The number of pyridine rings is 1. The lowest BCUT2D eigenvalue weighted by Crippen LogP contribution is -1.87. The van der Waals surface area contributed by atoms with Crippen LogP contribution in [0.2, 0.25) is 0 Å². The summed E-state index contributed by atoms with van der Waals surface area (Å²) in [6.45, 7) is 0. The first-order valence-electron chi connectivity index (χ1n) is 6.31. The highest BCUT2D eigenvalue weighted by Gasteiger charge is 2.10. The Balaban J connectivity index is 2.01. The monoisotopic (exact) mass is 323 g/mol. The summed E-state index contributed by atoms with van der Waals surface area (Å²) in [4.78, 5) is 12.5. The Morgan fingerprint density at radius 3 is 2.85 bits per heavy atom. The van der Waals surface area contributed by atoms with Crippen LogP contribution in [0.15, 0.2) is 59.2 Å². The van der Waals surface area contributed by atoms with Crippen molar-refractivity contribution in [1.29, 1.82) is 0 Å². The first kappa shape index (κ1) is 11.6. The lowest BCUT2D eigenvalue weighted by Gasteiger charge is -2.01. The van der Waals surface area contributed by atoms with Gasteiger partial charge in [-0.25, -0.2) is 4.98 Å². The van der Waals surface area contributed by atoms with Gasteiger partial charge in [-0.15, -0.1) is 0 Å². The van der Waals surface area contributed by atoms with Crippen LogP contribution in [0.3, 0.4) is 0 Å². The molecule has 0 bridgehead atoms. The molecule has 2 heterocycles. The average molecular weight is 324 g/mol. The lowest BCUT2D eigenvalue weighted by molar-refractivity contribution is 1.26. The molecular formula is C16H10BrN3. The zero-order valence-electron chi connectivity index (χ0n) is 10.5. The normalized spacial score (nSPS) is 11.2. The second-order valence-electron chi connectivity index (χ2n) is 4.63. The molecule has 20 heavy (non-hydrogen) atoms. The van der Waals surface area contributed by atoms with E-state index in [1.807, 2.05) is 42.6 Å². The van der Waals surface area contributed by atoms with E-state index in [1.165, 1.54) is 5.39 Å². The molecule has 0 aliphatic carbocycles. The molecule has 0 radical (unpaired) electrons. The maximum atomic E-state index is 4.64. The van der Waals surface area contributed by atoms with Gasteiger partial charge in [-0.1, -0.05) is 40.2 Å². The number of aromatic amines is 1. The molecule has 0 amide bonds. The van der Waals surface area contributed by atoms with Crippen molar-refractivity contribution in [2.24, 2.45) is 0 Å². The third-order valence-electron chi connectivity index (χ3n) is 3.34. The van der Waals surface area contributed by atoms with Crippen molar-refractivity contribution >= 4 is 37.7 Å². The Bertz CT molecular complexity index is 922. The third kappa shape index (κ3) is 1.80. The minimum absolute atomic E-state index is 0.801. The highest BCUT2D eigenvalue weighted by atomic mass is 79.9. The van der Waals surface area contributed by atoms with E-state index in [0.29, 0.717) is 0 Å². The molecule has 0 aliphatic heterocycles. The van der Waals surface area contributed by atoms with Gasteiger partial charge < -0.3 is 4.98 Å². The largest absolute Gasteiger partial charge is 0.337 e. The molecule has 4 heteroatoms. The minimum atomic E-state index is 0.801. The average Bonchev–Trinajstić information content (AvgIpc) is 2.89. The van der Waals surface area contributed by atoms with Crippen LogP contribution in [0.5, 0.6) is 0 Å². The molecule has 4 aromatic rings. The molecule has 0 spiro atoms. The predicted octanol–water partition coefficient (Wildman–Crippen LogP) is 4.54. The number of aromatic nitrogens is 3. The summed E-state index contributed by atoms with van der Waals surface area (Å²) >= 11 is 3.47. The first-order chi connectivity index (χ1) is 9.81.